The topological polar surface area (TPSA) is 71.0 Å². The Bertz CT molecular complexity index is 801. The molecule has 2 aromatic rings. The van der Waals surface area contributed by atoms with Crippen LogP contribution < -0.4 is 20.1 Å². The molecule has 0 saturated carbocycles. The van der Waals surface area contributed by atoms with Gasteiger partial charge in [-0.2, -0.15) is 0 Å². The van der Waals surface area contributed by atoms with Crippen LogP contribution in [0, 0.1) is 5.92 Å². The number of thiazole rings is 1. The molecule has 1 aliphatic rings. The van der Waals surface area contributed by atoms with Gasteiger partial charge in [0.2, 0.25) is 0 Å². The van der Waals surface area contributed by atoms with Crippen LogP contribution in [0.2, 0.25) is 0 Å². The predicted octanol–water partition coefficient (Wildman–Crippen LogP) is 3.17. The van der Waals surface area contributed by atoms with Gasteiger partial charge in [0.05, 0.1) is 24.4 Å². The van der Waals surface area contributed by atoms with Gasteiger partial charge in [-0.05, 0) is 62.5 Å². The molecule has 0 spiro atoms. The van der Waals surface area contributed by atoms with Crippen molar-refractivity contribution in [2.75, 3.05) is 46.9 Å². The number of likely N-dealkylation sites (tertiary alicyclic amines) is 1. The Balaban J connectivity index is 1.29. The van der Waals surface area contributed by atoms with Crippen molar-refractivity contribution >= 4 is 17.3 Å². The van der Waals surface area contributed by atoms with Crippen LogP contribution in [0.4, 0.5) is 0 Å². The number of nitrogens with zero attached hydrogens (tertiary/aromatic N) is 3. The van der Waals surface area contributed by atoms with Crippen LogP contribution in [0.5, 0.6) is 11.5 Å². The molecule has 7 nitrogen and oxygen atoms in total. The second-order valence-electron chi connectivity index (χ2n) is 7.71. The fourth-order valence-electron chi connectivity index (χ4n) is 3.63. The number of hydrogen-bond donors (Lipinski definition) is 2. The van der Waals surface area contributed by atoms with Gasteiger partial charge in [0.1, 0.15) is 18.1 Å². The van der Waals surface area contributed by atoms with Crippen LogP contribution in [-0.2, 0) is 13.0 Å². The van der Waals surface area contributed by atoms with Crippen molar-refractivity contribution in [3.8, 4) is 11.5 Å². The van der Waals surface area contributed by atoms with E-state index in [-0.39, 0.29) is 0 Å². The summed E-state index contributed by atoms with van der Waals surface area (Å²) in [5.74, 6) is 3.16. The van der Waals surface area contributed by atoms with E-state index in [0.29, 0.717) is 19.1 Å². The van der Waals surface area contributed by atoms with Crippen LogP contribution in [0.3, 0.4) is 0 Å². The molecule has 1 saturated heterocycles. The lowest BCUT2D eigenvalue weighted by molar-refractivity contribution is 0.176. The van der Waals surface area contributed by atoms with Gasteiger partial charge in [0, 0.05) is 25.5 Å². The molecule has 0 radical (unpaired) electrons. The fraction of sp³-hybridized carbons (Fsp3) is 0.565. The largest absolute Gasteiger partial charge is 0.497 e. The highest BCUT2D eigenvalue weighted by molar-refractivity contribution is 7.09. The molecule has 0 bridgehead atoms. The lowest BCUT2D eigenvalue weighted by Crippen LogP contribution is -2.43. The lowest BCUT2D eigenvalue weighted by atomic mass is 9.97. The third-order valence-electron chi connectivity index (χ3n) is 5.50. The highest BCUT2D eigenvalue weighted by atomic mass is 32.1. The number of ether oxygens (including phenoxy) is 2. The van der Waals surface area contributed by atoms with Gasteiger partial charge in [-0.15, -0.1) is 11.3 Å². The molecule has 0 unspecified atom stereocenters. The van der Waals surface area contributed by atoms with Crippen LogP contribution in [-0.4, -0.2) is 62.8 Å². The minimum absolute atomic E-state index is 0.571. The monoisotopic (exact) mass is 445 g/mol. The first-order valence-corrected chi connectivity index (χ1v) is 11.9. The molecular formula is C23H35N5O2S. The molecule has 1 aromatic heterocycles. The molecule has 1 fully saturated rings. The number of methoxy groups -OCH3 is 1. The normalized spacial score (nSPS) is 15.6. The van der Waals surface area contributed by atoms with Crippen molar-refractivity contribution in [3.63, 3.8) is 0 Å². The van der Waals surface area contributed by atoms with Crippen molar-refractivity contribution < 1.29 is 9.47 Å². The van der Waals surface area contributed by atoms with Crippen LogP contribution >= 0.6 is 11.3 Å². The number of guanidine groups is 1. The van der Waals surface area contributed by atoms with E-state index in [1.54, 1.807) is 25.5 Å². The Labute approximate surface area is 189 Å². The molecule has 1 aliphatic heterocycles. The van der Waals surface area contributed by atoms with E-state index < -0.39 is 0 Å². The molecule has 1 aromatic carbocycles. The third kappa shape index (κ3) is 7.70. The van der Waals surface area contributed by atoms with Gasteiger partial charge in [-0.3, -0.25) is 9.89 Å². The standard InChI is InChI=1S/C23H35N5O2S/c1-4-22-27-19(17-31-22)16-28-12-9-18(10-13-28)15-26-23(24-2)25-11-14-30-21-7-5-20(29-3)6-8-21/h5-8,17-18H,4,9-16H2,1-3H3,(H2,24,25,26). The number of piperidine rings is 1. The van der Waals surface area contributed by atoms with Gasteiger partial charge < -0.3 is 20.1 Å². The van der Waals surface area contributed by atoms with E-state index in [0.717, 1.165) is 50.1 Å². The van der Waals surface area contributed by atoms with E-state index in [2.05, 4.69) is 32.8 Å². The molecule has 0 aliphatic carbocycles. The zero-order valence-corrected chi connectivity index (χ0v) is 19.7. The van der Waals surface area contributed by atoms with Crippen LogP contribution in [0.25, 0.3) is 0 Å². The van der Waals surface area contributed by atoms with Crippen LogP contribution in [0.15, 0.2) is 34.6 Å². The number of aryl methyl sites for hydroxylation is 1. The Kier molecular flexibility index (Phi) is 9.42. The second-order valence-corrected chi connectivity index (χ2v) is 8.65. The van der Waals surface area contributed by atoms with E-state index in [1.165, 1.54) is 23.5 Å². The Morgan fingerprint density at radius 2 is 1.94 bits per heavy atom. The number of benzene rings is 1. The van der Waals surface area contributed by atoms with E-state index >= 15 is 0 Å². The summed E-state index contributed by atoms with van der Waals surface area (Å²) in [5.41, 5.74) is 1.22. The molecule has 2 N–H and O–H groups in total. The first kappa shape index (κ1) is 23.3. The summed E-state index contributed by atoms with van der Waals surface area (Å²) in [7, 11) is 3.47. The summed E-state index contributed by atoms with van der Waals surface area (Å²) in [6, 6.07) is 7.62. The SMILES string of the molecule is CCc1nc(CN2CCC(CNC(=NC)NCCOc3ccc(OC)cc3)CC2)cs1. The number of nitrogens with one attached hydrogen (secondary N) is 2. The summed E-state index contributed by atoms with van der Waals surface area (Å²) in [4.78, 5) is 11.5. The molecule has 0 amide bonds. The average molecular weight is 446 g/mol. The van der Waals surface area contributed by atoms with Gasteiger partial charge >= 0.3 is 0 Å². The molecule has 31 heavy (non-hydrogen) atoms. The zero-order chi connectivity index (χ0) is 21.9. The summed E-state index contributed by atoms with van der Waals surface area (Å²) in [6.45, 7) is 7.62. The predicted molar refractivity (Wildman–Crippen MR) is 127 cm³/mol. The quantitative estimate of drug-likeness (QED) is 0.333. The van der Waals surface area contributed by atoms with Crippen LogP contribution in [0.1, 0.15) is 30.5 Å². The van der Waals surface area contributed by atoms with E-state index in [4.69, 9.17) is 14.5 Å². The number of rotatable bonds is 10. The summed E-state index contributed by atoms with van der Waals surface area (Å²) < 4.78 is 10.9. The summed E-state index contributed by atoms with van der Waals surface area (Å²) in [6.07, 6.45) is 3.44. The molecule has 2 heterocycles. The summed E-state index contributed by atoms with van der Waals surface area (Å²) >= 11 is 1.78. The van der Waals surface area contributed by atoms with Crippen molar-refractivity contribution in [3.05, 3.63) is 40.3 Å². The second kappa shape index (κ2) is 12.5. The first-order valence-electron chi connectivity index (χ1n) is 11.1. The van der Waals surface area contributed by atoms with Crippen molar-refractivity contribution in [1.29, 1.82) is 0 Å². The van der Waals surface area contributed by atoms with Crippen molar-refractivity contribution in [2.24, 2.45) is 10.9 Å². The smallest absolute Gasteiger partial charge is 0.191 e. The Hall–Kier alpha value is -2.32. The van der Waals surface area contributed by atoms with Gasteiger partial charge in [-0.25, -0.2) is 4.98 Å². The number of aliphatic imine (C=N–C) groups is 1. The molecular weight excluding hydrogens is 410 g/mol. The fourth-order valence-corrected chi connectivity index (χ4v) is 4.37. The maximum absolute atomic E-state index is 5.75. The van der Waals surface area contributed by atoms with E-state index in [1.807, 2.05) is 24.3 Å². The van der Waals surface area contributed by atoms with Gasteiger partial charge in [0.15, 0.2) is 5.96 Å². The molecule has 170 valence electrons. The number of hydrogen-bond acceptors (Lipinski definition) is 6. The summed E-state index contributed by atoms with van der Waals surface area (Å²) in [5, 5.41) is 10.2. The van der Waals surface area contributed by atoms with Crippen molar-refractivity contribution in [2.45, 2.75) is 32.7 Å². The minimum Gasteiger partial charge on any atom is -0.497 e. The Morgan fingerprint density at radius 1 is 1.19 bits per heavy atom. The highest BCUT2D eigenvalue weighted by Crippen LogP contribution is 2.20. The molecule has 8 heteroatoms. The van der Waals surface area contributed by atoms with E-state index in [9.17, 15) is 0 Å². The zero-order valence-electron chi connectivity index (χ0n) is 18.9. The van der Waals surface area contributed by atoms with Gasteiger partial charge in [-0.1, -0.05) is 6.92 Å². The van der Waals surface area contributed by atoms with Crippen molar-refractivity contribution in [1.82, 2.24) is 20.5 Å². The first-order chi connectivity index (χ1) is 15.2. The third-order valence-corrected chi connectivity index (χ3v) is 6.54. The van der Waals surface area contributed by atoms with Gasteiger partial charge in [0.25, 0.3) is 0 Å². The maximum atomic E-state index is 5.75. The average Bonchev–Trinajstić information content (AvgIpc) is 3.27. The molecule has 3 rings (SSSR count). The lowest BCUT2D eigenvalue weighted by Gasteiger charge is -2.31. The highest BCUT2D eigenvalue weighted by Gasteiger charge is 2.20. The Morgan fingerprint density at radius 3 is 2.58 bits per heavy atom. The minimum atomic E-state index is 0.571. The maximum Gasteiger partial charge on any atom is 0.191 e. The molecule has 0 atom stereocenters. The number of aromatic nitrogens is 1.